The maximum absolute atomic E-state index is 12.4. The Morgan fingerprint density at radius 1 is 1.38 bits per heavy atom. The number of ether oxygens (including phenoxy) is 1. The number of benzene rings is 1. The number of aromatic nitrogens is 3. The molecule has 0 N–H and O–H groups in total. The van der Waals surface area contributed by atoms with Gasteiger partial charge >= 0.3 is 5.97 Å². The van der Waals surface area contributed by atoms with E-state index in [-0.39, 0.29) is 5.97 Å². The van der Waals surface area contributed by atoms with E-state index in [0.717, 1.165) is 23.0 Å². The number of aryl methyl sites for hydroxylation is 1. The molecular formula is C15H18BrN3O2. The highest BCUT2D eigenvalue weighted by atomic mass is 79.9. The van der Waals surface area contributed by atoms with E-state index in [1.165, 1.54) is 0 Å². The molecule has 1 aromatic carbocycles. The fourth-order valence-electron chi connectivity index (χ4n) is 2.21. The Kier molecular flexibility index (Phi) is 5.50. The van der Waals surface area contributed by atoms with Crippen molar-refractivity contribution in [1.82, 2.24) is 14.8 Å². The molecule has 1 unspecified atom stereocenters. The summed E-state index contributed by atoms with van der Waals surface area (Å²) in [6, 6.07) is 7.61. The second-order valence-corrected chi connectivity index (χ2v) is 5.44. The molecule has 6 heteroatoms. The molecular weight excluding hydrogens is 334 g/mol. The third kappa shape index (κ3) is 3.50. The summed E-state index contributed by atoms with van der Waals surface area (Å²) in [5, 5.41) is 8.10. The van der Waals surface area contributed by atoms with Crippen molar-refractivity contribution in [2.45, 2.75) is 32.7 Å². The molecule has 21 heavy (non-hydrogen) atoms. The highest BCUT2D eigenvalue weighted by Crippen LogP contribution is 2.30. The quantitative estimate of drug-likeness (QED) is 0.750. The maximum Gasteiger partial charge on any atom is 0.321 e. The van der Waals surface area contributed by atoms with Crippen LogP contribution in [0.15, 0.2) is 35.1 Å². The van der Waals surface area contributed by atoms with E-state index >= 15 is 0 Å². The largest absolute Gasteiger partial charge is 0.465 e. The van der Waals surface area contributed by atoms with Gasteiger partial charge in [0.05, 0.1) is 6.61 Å². The topological polar surface area (TPSA) is 57.0 Å². The molecule has 0 aliphatic carbocycles. The molecule has 0 fully saturated rings. The summed E-state index contributed by atoms with van der Waals surface area (Å²) in [5.74, 6) is -0.272. The number of carbonyl (C=O) groups is 1. The van der Waals surface area contributed by atoms with Gasteiger partial charge in [-0.15, -0.1) is 10.2 Å². The SMILES string of the molecule is CCCn1cnnc1C(C(=O)OCC)c1ccccc1Br. The molecule has 2 aromatic rings. The van der Waals surface area contributed by atoms with Gasteiger partial charge in [0.25, 0.3) is 0 Å². The van der Waals surface area contributed by atoms with E-state index in [2.05, 4.69) is 33.1 Å². The van der Waals surface area contributed by atoms with Gasteiger partial charge in [0.2, 0.25) is 0 Å². The zero-order valence-corrected chi connectivity index (χ0v) is 13.7. The maximum atomic E-state index is 12.4. The lowest BCUT2D eigenvalue weighted by Gasteiger charge is -2.17. The molecule has 1 heterocycles. The molecule has 1 aromatic heterocycles. The minimum atomic E-state index is -0.574. The molecule has 1 atom stereocenters. The highest BCUT2D eigenvalue weighted by Gasteiger charge is 2.30. The zero-order valence-electron chi connectivity index (χ0n) is 12.1. The van der Waals surface area contributed by atoms with Crippen LogP contribution in [0.5, 0.6) is 0 Å². The Morgan fingerprint density at radius 2 is 2.14 bits per heavy atom. The van der Waals surface area contributed by atoms with E-state index in [4.69, 9.17) is 4.74 Å². The number of nitrogens with zero attached hydrogens (tertiary/aromatic N) is 3. The third-order valence-corrected chi connectivity index (χ3v) is 3.83. The lowest BCUT2D eigenvalue weighted by atomic mass is 9.98. The van der Waals surface area contributed by atoms with Crippen molar-refractivity contribution in [2.75, 3.05) is 6.61 Å². The van der Waals surface area contributed by atoms with Gasteiger partial charge in [0.15, 0.2) is 5.82 Å². The first-order chi connectivity index (χ1) is 10.2. The second kappa shape index (κ2) is 7.36. The molecule has 0 saturated carbocycles. The van der Waals surface area contributed by atoms with Crippen molar-refractivity contribution in [3.05, 3.63) is 46.5 Å². The molecule has 0 saturated heterocycles. The standard InChI is InChI=1S/C15H18BrN3O2/c1-3-9-19-10-17-18-14(19)13(15(20)21-4-2)11-7-5-6-8-12(11)16/h5-8,10,13H,3-4,9H2,1-2H3. The number of rotatable bonds is 6. The number of carbonyl (C=O) groups excluding carboxylic acids is 1. The van der Waals surface area contributed by atoms with E-state index < -0.39 is 5.92 Å². The summed E-state index contributed by atoms with van der Waals surface area (Å²) >= 11 is 3.50. The van der Waals surface area contributed by atoms with Crippen LogP contribution in [0.1, 0.15) is 37.6 Å². The smallest absolute Gasteiger partial charge is 0.321 e. The fourth-order valence-corrected chi connectivity index (χ4v) is 2.72. The molecule has 0 bridgehead atoms. The first-order valence-electron chi connectivity index (χ1n) is 6.97. The Bertz CT molecular complexity index is 612. The van der Waals surface area contributed by atoms with E-state index in [1.807, 2.05) is 28.8 Å². The summed E-state index contributed by atoms with van der Waals surface area (Å²) < 4.78 is 7.99. The third-order valence-electron chi connectivity index (χ3n) is 3.11. The zero-order chi connectivity index (χ0) is 15.2. The summed E-state index contributed by atoms with van der Waals surface area (Å²) in [6.07, 6.45) is 2.60. The van der Waals surface area contributed by atoms with Crippen LogP contribution in [-0.2, 0) is 16.1 Å². The van der Waals surface area contributed by atoms with Crippen LogP contribution < -0.4 is 0 Å². The first-order valence-corrected chi connectivity index (χ1v) is 7.77. The van der Waals surface area contributed by atoms with Crippen molar-refractivity contribution >= 4 is 21.9 Å². The summed E-state index contributed by atoms with van der Waals surface area (Å²) in [5.41, 5.74) is 0.835. The molecule has 0 spiro atoms. The second-order valence-electron chi connectivity index (χ2n) is 4.59. The Morgan fingerprint density at radius 3 is 2.81 bits per heavy atom. The molecule has 0 aliphatic heterocycles. The first kappa shape index (κ1) is 15.7. The molecule has 5 nitrogen and oxygen atoms in total. The van der Waals surface area contributed by atoms with Crippen molar-refractivity contribution in [3.8, 4) is 0 Å². The van der Waals surface area contributed by atoms with E-state index in [1.54, 1.807) is 13.3 Å². The average Bonchev–Trinajstić information content (AvgIpc) is 2.90. The van der Waals surface area contributed by atoms with E-state index in [9.17, 15) is 4.79 Å². The summed E-state index contributed by atoms with van der Waals surface area (Å²) in [4.78, 5) is 12.4. The summed E-state index contributed by atoms with van der Waals surface area (Å²) in [6.45, 7) is 4.97. The average molecular weight is 352 g/mol. The van der Waals surface area contributed by atoms with Gasteiger partial charge in [0.1, 0.15) is 12.2 Å². The van der Waals surface area contributed by atoms with Gasteiger partial charge in [-0.05, 0) is 25.0 Å². The lowest BCUT2D eigenvalue weighted by Crippen LogP contribution is -2.21. The van der Waals surface area contributed by atoms with Crippen LogP contribution >= 0.6 is 15.9 Å². The monoisotopic (exact) mass is 351 g/mol. The minimum Gasteiger partial charge on any atom is -0.465 e. The van der Waals surface area contributed by atoms with E-state index in [0.29, 0.717) is 12.4 Å². The van der Waals surface area contributed by atoms with Gasteiger partial charge in [0, 0.05) is 11.0 Å². The van der Waals surface area contributed by atoms with Crippen LogP contribution in [0, 0.1) is 0 Å². The normalized spacial score (nSPS) is 12.1. The Labute approximate surface area is 132 Å². The molecule has 0 aliphatic rings. The minimum absolute atomic E-state index is 0.310. The Balaban J connectivity index is 2.48. The van der Waals surface area contributed by atoms with Crippen LogP contribution in [0.25, 0.3) is 0 Å². The van der Waals surface area contributed by atoms with Gasteiger partial charge in [-0.2, -0.15) is 0 Å². The van der Waals surface area contributed by atoms with Crippen molar-refractivity contribution < 1.29 is 9.53 Å². The van der Waals surface area contributed by atoms with Gasteiger partial charge in [-0.1, -0.05) is 41.1 Å². The van der Waals surface area contributed by atoms with Gasteiger partial charge < -0.3 is 9.30 Å². The Hall–Kier alpha value is -1.69. The highest BCUT2D eigenvalue weighted by molar-refractivity contribution is 9.10. The van der Waals surface area contributed by atoms with Crippen LogP contribution in [0.2, 0.25) is 0 Å². The van der Waals surface area contributed by atoms with Crippen LogP contribution in [0.4, 0.5) is 0 Å². The predicted molar refractivity (Wildman–Crippen MR) is 82.9 cm³/mol. The fraction of sp³-hybridized carbons (Fsp3) is 0.400. The van der Waals surface area contributed by atoms with Crippen LogP contribution in [0.3, 0.4) is 0 Å². The van der Waals surface area contributed by atoms with Crippen LogP contribution in [-0.4, -0.2) is 27.3 Å². The predicted octanol–water partition coefficient (Wildman–Crippen LogP) is 3.15. The number of hydrogen-bond donors (Lipinski definition) is 0. The summed E-state index contributed by atoms with van der Waals surface area (Å²) in [7, 11) is 0. The molecule has 0 amide bonds. The number of halogens is 1. The molecule has 0 radical (unpaired) electrons. The van der Waals surface area contributed by atoms with Gasteiger partial charge in [-0.25, -0.2) is 0 Å². The number of hydrogen-bond acceptors (Lipinski definition) is 4. The lowest BCUT2D eigenvalue weighted by molar-refractivity contribution is -0.144. The van der Waals surface area contributed by atoms with Crippen molar-refractivity contribution in [2.24, 2.45) is 0 Å². The van der Waals surface area contributed by atoms with Crippen molar-refractivity contribution in [1.29, 1.82) is 0 Å². The van der Waals surface area contributed by atoms with Crippen molar-refractivity contribution in [3.63, 3.8) is 0 Å². The number of esters is 1. The molecule has 2 rings (SSSR count). The van der Waals surface area contributed by atoms with Gasteiger partial charge in [-0.3, -0.25) is 4.79 Å². The molecule has 112 valence electrons.